The van der Waals surface area contributed by atoms with Crippen LogP contribution in [0, 0.1) is 5.92 Å². The van der Waals surface area contributed by atoms with E-state index < -0.39 is 22.0 Å². The Hall–Kier alpha value is -1.44. The summed E-state index contributed by atoms with van der Waals surface area (Å²) < 4.78 is 32.5. The van der Waals surface area contributed by atoms with Crippen molar-refractivity contribution >= 4 is 16.0 Å². The second-order valence-corrected chi connectivity index (χ2v) is 8.46. The molecule has 1 aromatic carbocycles. The molecule has 1 aliphatic carbocycles. The molecule has 0 bridgehead atoms. The van der Waals surface area contributed by atoms with Crippen molar-refractivity contribution in [3.05, 3.63) is 29.8 Å². The van der Waals surface area contributed by atoms with Crippen molar-refractivity contribution < 1.29 is 23.1 Å². The number of benzene rings is 1. The highest BCUT2D eigenvalue weighted by Gasteiger charge is 2.51. The van der Waals surface area contributed by atoms with E-state index in [0.717, 1.165) is 31.2 Å². The Labute approximate surface area is 142 Å². The average molecular weight is 353 g/mol. The van der Waals surface area contributed by atoms with Gasteiger partial charge in [0.2, 0.25) is 10.0 Å². The minimum Gasteiger partial charge on any atom is -0.480 e. The molecular formula is C17H23NO5S. The molecule has 2 fully saturated rings. The van der Waals surface area contributed by atoms with Crippen LogP contribution in [0.15, 0.2) is 29.2 Å². The monoisotopic (exact) mass is 353 g/mol. The van der Waals surface area contributed by atoms with Gasteiger partial charge >= 0.3 is 5.97 Å². The SMILES string of the molecule is COCc1ccc(S(=O)(=O)N2C(C(=O)O)CC3CCCCC32)cc1. The molecule has 0 aromatic heterocycles. The van der Waals surface area contributed by atoms with E-state index >= 15 is 0 Å². The number of hydrogen-bond acceptors (Lipinski definition) is 4. The summed E-state index contributed by atoms with van der Waals surface area (Å²) in [6, 6.07) is 5.35. The molecule has 1 aromatic rings. The molecule has 0 spiro atoms. The van der Waals surface area contributed by atoms with E-state index in [9.17, 15) is 18.3 Å². The second-order valence-electron chi connectivity index (χ2n) is 6.61. The number of ether oxygens (including phenoxy) is 1. The lowest BCUT2D eigenvalue weighted by molar-refractivity contribution is -0.141. The van der Waals surface area contributed by atoms with Crippen molar-refractivity contribution in [2.45, 2.75) is 55.7 Å². The Balaban J connectivity index is 1.94. The zero-order chi connectivity index (χ0) is 17.3. The van der Waals surface area contributed by atoms with Gasteiger partial charge < -0.3 is 9.84 Å². The quantitative estimate of drug-likeness (QED) is 0.878. The van der Waals surface area contributed by atoms with E-state index in [4.69, 9.17) is 4.74 Å². The van der Waals surface area contributed by atoms with Gasteiger partial charge in [-0.15, -0.1) is 0 Å². The standard InChI is InChI=1S/C17H23NO5S/c1-23-11-12-6-8-14(9-7-12)24(21,22)18-15-5-3-2-4-13(15)10-16(18)17(19)20/h6-9,13,15-16H,2-5,10-11H2,1H3,(H,19,20). The van der Waals surface area contributed by atoms with Crippen molar-refractivity contribution in [2.24, 2.45) is 5.92 Å². The molecule has 1 saturated carbocycles. The van der Waals surface area contributed by atoms with Crippen molar-refractivity contribution in [1.29, 1.82) is 0 Å². The van der Waals surface area contributed by atoms with E-state index in [1.807, 2.05) is 0 Å². The molecule has 1 heterocycles. The first kappa shape index (κ1) is 17.4. The summed E-state index contributed by atoms with van der Waals surface area (Å²) in [5.41, 5.74) is 0.878. The van der Waals surface area contributed by atoms with Crippen LogP contribution in [0.3, 0.4) is 0 Å². The number of fused-ring (bicyclic) bond motifs is 1. The predicted octanol–water partition coefficient (Wildman–Crippen LogP) is 2.24. The van der Waals surface area contributed by atoms with Gasteiger partial charge in [0.05, 0.1) is 11.5 Å². The van der Waals surface area contributed by atoms with Crippen LogP contribution in [0.25, 0.3) is 0 Å². The minimum atomic E-state index is -3.82. The molecule has 0 radical (unpaired) electrons. The van der Waals surface area contributed by atoms with Crippen LogP contribution in [0.5, 0.6) is 0 Å². The molecule has 3 atom stereocenters. The van der Waals surface area contributed by atoms with Crippen LogP contribution in [0.4, 0.5) is 0 Å². The molecule has 1 aliphatic heterocycles. The smallest absolute Gasteiger partial charge is 0.322 e. The number of carbonyl (C=O) groups is 1. The lowest BCUT2D eigenvalue weighted by Gasteiger charge is -2.32. The third kappa shape index (κ3) is 3.08. The normalized spacial score (nSPS) is 27.8. The first-order valence-electron chi connectivity index (χ1n) is 8.29. The Bertz CT molecular complexity index is 700. The van der Waals surface area contributed by atoms with Gasteiger partial charge in [0.15, 0.2) is 0 Å². The van der Waals surface area contributed by atoms with E-state index in [1.165, 1.54) is 4.31 Å². The first-order valence-corrected chi connectivity index (χ1v) is 9.73. The molecule has 24 heavy (non-hydrogen) atoms. The van der Waals surface area contributed by atoms with Crippen LogP contribution in [-0.4, -0.2) is 43.0 Å². The molecule has 1 N–H and O–H groups in total. The summed E-state index contributed by atoms with van der Waals surface area (Å²) in [6.07, 6.45) is 4.07. The second kappa shape index (κ2) is 6.82. The van der Waals surface area contributed by atoms with E-state index in [-0.39, 0.29) is 16.9 Å². The Morgan fingerprint density at radius 1 is 1.25 bits per heavy atom. The molecule has 3 unspecified atom stereocenters. The van der Waals surface area contributed by atoms with Crippen LogP contribution < -0.4 is 0 Å². The lowest BCUT2D eigenvalue weighted by atomic mass is 9.85. The Kier molecular flexibility index (Phi) is 4.94. The number of carboxylic acid groups (broad SMARTS) is 1. The molecule has 3 rings (SSSR count). The van der Waals surface area contributed by atoms with Crippen molar-refractivity contribution in [1.82, 2.24) is 4.31 Å². The van der Waals surface area contributed by atoms with Gasteiger partial charge in [-0.05, 0) is 42.9 Å². The van der Waals surface area contributed by atoms with Crippen LogP contribution >= 0.6 is 0 Å². The van der Waals surface area contributed by atoms with Gasteiger partial charge in [-0.1, -0.05) is 25.0 Å². The van der Waals surface area contributed by atoms with Gasteiger partial charge in [0.1, 0.15) is 6.04 Å². The van der Waals surface area contributed by atoms with Gasteiger partial charge in [-0.25, -0.2) is 8.42 Å². The number of methoxy groups -OCH3 is 1. The fourth-order valence-electron chi connectivity index (χ4n) is 4.02. The fourth-order valence-corrected chi connectivity index (χ4v) is 5.89. The molecule has 0 amide bonds. The first-order chi connectivity index (χ1) is 11.4. The van der Waals surface area contributed by atoms with E-state index in [2.05, 4.69) is 0 Å². The molecule has 6 nitrogen and oxygen atoms in total. The van der Waals surface area contributed by atoms with Gasteiger partial charge in [-0.2, -0.15) is 4.31 Å². The summed E-state index contributed by atoms with van der Waals surface area (Å²) in [4.78, 5) is 11.8. The third-order valence-corrected chi connectivity index (χ3v) is 7.07. The van der Waals surface area contributed by atoms with Crippen LogP contribution in [0.2, 0.25) is 0 Å². The third-order valence-electron chi connectivity index (χ3n) is 5.12. The van der Waals surface area contributed by atoms with Gasteiger partial charge in [0.25, 0.3) is 0 Å². The predicted molar refractivity (Wildman–Crippen MR) is 88.0 cm³/mol. The molecule has 2 aliphatic rings. The number of carboxylic acids is 1. The van der Waals surface area contributed by atoms with Gasteiger partial charge in [0, 0.05) is 13.2 Å². The molecular weight excluding hydrogens is 330 g/mol. The number of aliphatic carboxylic acids is 1. The van der Waals surface area contributed by atoms with Crippen LogP contribution in [-0.2, 0) is 26.2 Å². The molecule has 132 valence electrons. The van der Waals surface area contributed by atoms with E-state index in [0.29, 0.717) is 13.0 Å². The Morgan fingerprint density at radius 2 is 1.92 bits per heavy atom. The van der Waals surface area contributed by atoms with Crippen molar-refractivity contribution in [2.75, 3.05) is 7.11 Å². The average Bonchev–Trinajstić information content (AvgIpc) is 2.96. The maximum atomic E-state index is 13.1. The molecule has 1 saturated heterocycles. The number of hydrogen-bond donors (Lipinski definition) is 1. The number of sulfonamides is 1. The summed E-state index contributed by atoms with van der Waals surface area (Å²) in [5, 5.41) is 9.53. The van der Waals surface area contributed by atoms with Crippen molar-refractivity contribution in [3.8, 4) is 0 Å². The van der Waals surface area contributed by atoms with Gasteiger partial charge in [-0.3, -0.25) is 4.79 Å². The molecule has 7 heteroatoms. The zero-order valence-electron chi connectivity index (χ0n) is 13.7. The zero-order valence-corrected chi connectivity index (χ0v) is 14.5. The lowest BCUT2D eigenvalue weighted by Crippen LogP contribution is -2.46. The largest absolute Gasteiger partial charge is 0.480 e. The summed E-state index contributed by atoms with van der Waals surface area (Å²) in [7, 11) is -2.24. The number of rotatable bonds is 5. The fraction of sp³-hybridized carbons (Fsp3) is 0.588. The number of nitrogens with zero attached hydrogens (tertiary/aromatic N) is 1. The highest BCUT2D eigenvalue weighted by molar-refractivity contribution is 7.89. The summed E-state index contributed by atoms with van der Waals surface area (Å²) >= 11 is 0. The maximum absolute atomic E-state index is 13.1. The van der Waals surface area contributed by atoms with Crippen LogP contribution in [0.1, 0.15) is 37.7 Å². The van der Waals surface area contributed by atoms with E-state index in [1.54, 1.807) is 31.4 Å². The topological polar surface area (TPSA) is 83.9 Å². The summed E-state index contributed by atoms with van der Waals surface area (Å²) in [6.45, 7) is 0.409. The highest BCUT2D eigenvalue weighted by Crippen LogP contribution is 2.42. The highest BCUT2D eigenvalue weighted by atomic mass is 32.2. The Morgan fingerprint density at radius 3 is 2.54 bits per heavy atom. The maximum Gasteiger partial charge on any atom is 0.322 e. The summed E-state index contributed by atoms with van der Waals surface area (Å²) in [5.74, 6) is -0.897. The van der Waals surface area contributed by atoms with Crippen molar-refractivity contribution in [3.63, 3.8) is 0 Å². The minimum absolute atomic E-state index is 0.153.